The van der Waals surface area contributed by atoms with Crippen molar-refractivity contribution >= 4 is 47.4 Å². The minimum absolute atomic E-state index is 0. The molecule has 0 aliphatic rings. The summed E-state index contributed by atoms with van der Waals surface area (Å²) in [6.45, 7) is 6.88. The first-order valence-corrected chi connectivity index (χ1v) is 8.11. The summed E-state index contributed by atoms with van der Waals surface area (Å²) in [5.74, 6) is 0.614. The van der Waals surface area contributed by atoms with Crippen LogP contribution in [-0.4, -0.2) is 38.0 Å². The smallest absolute Gasteiger partial charge is 0.252 e. The summed E-state index contributed by atoms with van der Waals surface area (Å²) in [4.78, 5) is 16.4. The van der Waals surface area contributed by atoms with Gasteiger partial charge in [0, 0.05) is 26.2 Å². The molecule has 0 aliphatic carbocycles. The number of nitrogens with zero attached hydrogens (tertiary/aromatic N) is 1. The number of carbonyl (C=O) groups excluding carboxylic acids is 1. The van der Waals surface area contributed by atoms with Gasteiger partial charge in [0.25, 0.3) is 5.91 Å². The van der Waals surface area contributed by atoms with Gasteiger partial charge in [-0.25, -0.2) is 0 Å². The Hall–Kier alpha value is -1.02. The van der Waals surface area contributed by atoms with Crippen LogP contribution in [0, 0.1) is 0 Å². The molecule has 0 aromatic heterocycles. The van der Waals surface area contributed by atoms with Crippen molar-refractivity contribution in [2.24, 2.45) is 4.99 Å². The zero-order valence-corrected chi connectivity index (χ0v) is 16.8. The Kier molecular flexibility index (Phi) is 12.8. The van der Waals surface area contributed by atoms with Crippen LogP contribution < -0.4 is 16.0 Å². The van der Waals surface area contributed by atoms with Crippen LogP contribution in [0.5, 0.6) is 0 Å². The van der Waals surface area contributed by atoms with E-state index in [0.29, 0.717) is 23.7 Å². The number of carbonyl (C=O) groups is 1. The van der Waals surface area contributed by atoms with Crippen LogP contribution in [0.25, 0.3) is 0 Å². The molecular weight excluding hydrogens is 427 g/mol. The van der Waals surface area contributed by atoms with E-state index in [1.165, 1.54) is 0 Å². The van der Waals surface area contributed by atoms with E-state index in [0.717, 1.165) is 31.9 Å². The molecule has 0 saturated carbocycles. The zero-order chi connectivity index (χ0) is 16.2. The predicted molar refractivity (Wildman–Crippen MR) is 108 cm³/mol. The van der Waals surface area contributed by atoms with Crippen molar-refractivity contribution in [3.05, 3.63) is 34.9 Å². The standard InChI is InChI=1S/C16H25ClN4O.HI/c1-3-5-10-20-16(18-4-2)21-12-11-19-15(22)13-8-6-7-9-14(13)17;/h6-9H,3-5,10-12H2,1-2H3,(H,19,22)(H2,18,20,21);1H. The summed E-state index contributed by atoms with van der Waals surface area (Å²) in [5, 5.41) is 9.66. The van der Waals surface area contributed by atoms with E-state index in [1.54, 1.807) is 24.3 Å². The SMILES string of the molecule is CCCCN=C(NCC)NCCNC(=O)c1ccccc1Cl.I. The number of guanidine groups is 1. The van der Waals surface area contributed by atoms with Gasteiger partial charge >= 0.3 is 0 Å². The highest BCUT2D eigenvalue weighted by atomic mass is 127. The van der Waals surface area contributed by atoms with Gasteiger partial charge in [0.05, 0.1) is 10.6 Å². The molecule has 0 radical (unpaired) electrons. The maximum atomic E-state index is 12.0. The third-order valence-corrected chi connectivity index (χ3v) is 3.28. The Morgan fingerprint density at radius 3 is 2.48 bits per heavy atom. The molecule has 1 aromatic carbocycles. The van der Waals surface area contributed by atoms with E-state index in [2.05, 4.69) is 27.9 Å². The lowest BCUT2D eigenvalue weighted by atomic mass is 10.2. The minimum Gasteiger partial charge on any atom is -0.357 e. The number of halogens is 2. The molecule has 23 heavy (non-hydrogen) atoms. The quantitative estimate of drug-likeness (QED) is 0.246. The van der Waals surface area contributed by atoms with Crippen molar-refractivity contribution in [2.75, 3.05) is 26.2 Å². The van der Waals surface area contributed by atoms with Gasteiger partial charge < -0.3 is 16.0 Å². The van der Waals surface area contributed by atoms with Crippen LogP contribution in [0.15, 0.2) is 29.3 Å². The van der Waals surface area contributed by atoms with Crippen molar-refractivity contribution in [2.45, 2.75) is 26.7 Å². The second kappa shape index (κ2) is 13.4. The normalized spacial score (nSPS) is 10.7. The Labute approximate surface area is 160 Å². The Morgan fingerprint density at radius 1 is 1.13 bits per heavy atom. The average molecular weight is 453 g/mol. The minimum atomic E-state index is -0.166. The fraction of sp³-hybridized carbons (Fsp3) is 0.500. The molecule has 7 heteroatoms. The number of hydrogen-bond donors (Lipinski definition) is 3. The van der Waals surface area contributed by atoms with Crippen molar-refractivity contribution in [3.63, 3.8) is 0 Å². The second-order valence-electron chi connectivity index (χ2n) is 4.78. The number of nitrogens with one attached hydrogen (secondary N) is 3. The topological polar surface area (TPSA) is 65.5 Å². The number of benzene rings is 1. The summed E-state index contributed by atoms with van der Waals surface area (Å²) in [6, 6.07) is 7.01. The average Bonchev–Trinajstić information content (AvgIpc) is 2.52. The van der Waals surface area contributed by atoms with E-state index in [9.17, 15) is 4.79 Å². The fourth-order valence-corrected chi connectivity index (χ4v) is 2.01. The van der Waals surface area contributed by atoms with Gasteiger partial charge in [-0.1, -0.05) is 37.1 Å². The molecule has 3 N–H and O–H groups in total. The highest BCUT2D eigenvalue weighted by molar-refractivity contribution is 14.0. The predicted octanol–water partition coefficient (Wildman–Crippen LogP) is 3.04. The van der Waals surface area contributed by atoms with Crippen molar-refractivity contribution in [1.29, 1.82) is 0 Å². The van der Waals surface area contributed by atoms with Gasteiger partial charge in [-0.3, -0.25) is 9.79 Å². The summed E-state index contributed by atoms with van der Waals surface area (Å²) in [6.07, 6.45) is 2.19. The molecule has 0 bridgehead atoms. The maximum Gasteiger partial charge on any atom is 0.252 e. The molecule has 0 atom stereocenters. The van der Waals surface area contributed by atoms with Crippen molar-refractivity contribution < 1.29 is 4.79 Å². The van der Waals surface area contributed by atoms with Crippen LogP contribution in [-0.2, 0) is 0 Å². The molecule has 0 saturated heterocycles. The van der Waals surface area contributed by atoms with Crippen molar-refractivity contribution in [3.8, 4) is 0 Å². The highest BCUT2D eigenvalue weighted by Crippen LogP contribution is 2.14. The highest BCUT2D eigenvalue weighted by Gasteiger charge is 2.08. The van der Waals surface area contributed by atoms with Crippen molar-refractivity contribution in [1.82, 2.24) is 16.0 Å². The number of hydrogen-bond acceptors (Lipinski definition) is 2. The Morgan fingerprint density at radius 2 is 1.83 bits per heavy atom. The third kappa shape index (κ3) is 9.00. The molecule has 0 fully saturated rings. The maximum absolute atomic E-state index is 12.0. The van der Waals surface area contributed by atoms with Crippen LogP contribution in [0.3, 0.4) is 0 Å². The number of amides is 1. The van der Waals surface area contributed by atoms with E-state index in [-0.39, 0.29) is 29.9 Å². The van der Waals surface area contributed by atoms with Gasteiger partial charge in [0.1, 0.15) is 0 Å². The molecule has 0 aliphatic heterocycles. The summed E-state index contributed by atoms with van der Waals surface area (Å²) >= 11 is 5.99. The molecule has 1 rings (SSSR count). The van der Waals surface area contributed by atoms with Gasteiger partial charge in [0.2, 0.25) is 0 Å². The van der Waals surface area contributed by atoms with E-state index in [1.807, 2.05) is 6.92 Å². The van der Waals surface area contributed by atoms with E-state index < -0.39 is 0 Å². The van der Waals surface area contributed by atoms with E-state index in [4.69, 9.17) is 11.6 Å². The second-order valence-corrected chi connectivity index (χ2v) is 5.18. The van der Waals surface area contributed by atoms with Gasteiger partial charge in [-0.15, -0.1) is 24.0 Å². The first-order chi connectivity index (χ1) is 10.7. The van der Waals surface area contributed by atoms with Gasteiger partial charge in [-0.05, 0) is 25.5 Å². The Bertz CT molecular complexity index is 497. The lowest BCUT2D eigenvalue weighted by molar-refractivity contribution is 0.0954. The summed E-state index contributed by atoms with van der Waals surface area (Å²) in [7, 11) is 0. The lowest BCUT2D eigenvalue weighted by Gasteiger charge is -2.12. The largest absolute Gasteiger partial charge is 0.357 e. The molecule has 0 unspecified atom stereocenters. The Balaban J connectivity index is 0.00000484. The zero-order valence-electron chi connectivity index (χ0n) is 13.7. The van der Waals surface area contributed by atoms with Gasteiger partial charge in [0.15, 0.2) is 5.96 Å². The lowest BCUT2D eigenvalue weighted by Crippen LogP contribution is -2.41. The monoisotopic (exact) mass is 452 g/mol. The first kappa shape index (κ1) is 22.0. The molecule has 130 valence electrons. The summed E-state index contributed by atoms with van der Waals surface area (Å²) in [5.41, 5.74) is 0.493. The number of aliphatic imine (C=N–C) groups is 1. The molecular formula is C16H26ClIN4O. The molecule has 1 amide bonds. The first-order valence-electron chi connectivity index (χ1n) is 7.74. The number of rotatable bonds is 8. The van der Waals surface area contributed by atoms with Crippen LogP contribution in [0.4, 0.5) is 0 Å². The van der Waals surface area contributed by atoms with Crippen LogP contribution in [0.1, 0.15) is 37.0 Å². The number of unbranched alkanes of at least 4 members (excludes halogenated alkanes) is 1. The fourth-order valence-electron chi connectivity index (χ4n) is 1.79. The third-order valence-electron chi connectivity index (χ3n) is 2.95. The van der Waals surface area contributed by atoms with Crippen LogP contribution in [0.2, 0.25) is 5.02 Å². The molecule has 1 aromatic rings. The van der Waals surface area contributed by atoms with Gasteiger partial charge in [-0.2, -0.15) is 0 Å². The van der Waals surface area contributed by atoms with E-state index >= 15 is 0 Å². The molecule has 5 nitrogen and oxygen atoms in total. The molecule has 0 spiro atoms. The van der Waals surface area contributed by atoms with Crippen LogP contribution >= 0.6 is 35.6 Å². The molecule has 0 heterocycles. The summed E-state index contributed by atoms with van der Waals surface area (Å²) < 4.78 is 0.